The number of nitrogen functional groups attached to an aromatic ring is 1. The van der Waals surface area contributed by atoms with Gasteiger partial charge in [-0.05, 0) is 28.1 Å². The maximum atomic E-state index is 12.5. The van der Waals surface area contributed by atoms with Gasteiger partial charge in [-0.3, -0.25) is 9.59 Å². The van der Waals surface area contributed by atoms with Gasteiger partial charge >= 0.3 is 5.97 Å². The molecule has 0 aliphatic carbocycles. The van der Waals surface area contributed by atoms with Crippen molar-refractivity contribution in [3.8, 4) is 0 Å². The monoisotopic (exact) mass is 356 g/mol. The first kappa shape index (κ1) is 15.8. The summed E-state index contributed by atoms with van der Waals surface area (Å²) in [4.78, 5) is 25.5. The first-order valence-electron chi connectivity index (χ1n) is 6.54. The lowest BCUT2D eigenvalue weighted by Gasteiger charge is -2.32. The van der Waals surface area contributed by atoms with Gasteiger partial charge in [-0.15, -0.1) is 0 Å². The van der Waals surface area contributed by atoms with Crippen LogP contribution in [0, 0.1) is 0 Å². The molecule has 1 aromatic carbocycles. The number of esters is 1. The van der Waals surface area contributed by atoms with Crippen LogP contribution in [0.5, 0.6) is 0 Å². The van der Waals surface area contributed by atoms with E-state index in [1.54, 1.807) is 23.1 Å². The number of carbonyl (C=O) groups excluding carboxylic acids is 2. The lowest BCUT2D eigenvalue weighted by molar-refractivity contribution is -0.145. The number of nitrogens with zero attached hydrogens (tertiary/aromatic N) is 1. The van der Waals surface area contributed by atoms with Gasteiger partial charge in [0.15, 0.2) is 0 Å². The number of benzene rings is 1. The molecule has 1 atom stereocenters. The molecule has 1 aromatic rings. The molecule has 6 nitrogen and oxygen atoms in total. The average Bonchev–Trinajstić information content (AvgIpc) is 2.49. The van der Waals surface area contributed by atoms with Gasteiger partial charge in [-0.2, -0.15) is 0 Å². The van der Waals surface area contributed by atoms with Crippen LogP contribution >= 0.6 is 15.9 Å². The maximum absolute atomic E-state index is 12.5. The van der Waals surface area contributed by atoms with E-state index in [1.165, 1.54) is 7.11 Å². The number of anilines is 1. The highest BCUT2D eigenvalue weighted by Crippen LogP contribution is 2.25. The van der Waals surface area contributed by atoms with Crippen LogP contribution in [-0.4, -0.2) is 49.7 Å². The number of nitrogens with two attached hydrogens (primary N) is 1. The van der Waals surface area contributed by atoms with Gasteiger partial charge < -0.3 is 20.1 Å². The van der Waals surface area contributed by atoms with Crippen molar-refractivity contribution >= 4 is 33.5 Å². The van der Waals surface area contributed by atoms with Crippen LogP contribution in [0.1, 0.15) is 16.8 Å². The number of carbonyl (C=O) groups is 2. The fourth-order valence-corrected chi connectivity index (χ4v) is 2.62. The number of morpholine rings is 1. The zero-order valence-electron chi connectivity index (χ0n) is 11.7. The number of amides is 1. The van der Waals surface area contributed by atoms with E-state index in [9.17, 15) is 9.59 Å². The number of hydrogen-bond acceptors (Lipinski definition) is 5. The van der Waals surface area contributed by atoms with Crippen molar-refractivity contribution in [1.29, 1.82) is 0 Å². The lowest BCUT2D eigenvalue weighted by atomic mass is 10.1. The van der Waals surface area contributed by atoms with Crippen molar-refractivity contribution in [2.45, 2.75) is 12.5 Å². The van der Waals surface area contributed by atoms with Crippen LogP contribution in [-0.2, 0) is 14.3 Å². The van der Waals surface area contributed by atoms with Crippen molar-refractivity contribution in [3.05, 3.63) is 28.2 Å². The number of ether oxygens (including phenoxy) is 2. The molecule has 2 N–H and O–H groups in total. The summed E-state index contributed by atoms with van der Waals surface area (Å²) < 4.78 is 10.7. The highest BCUT2D eigenvalue weighted by atomic mass is 79.9. The van der Waals surface area contributed by atoms with Gasteiger partial charge in [0.25, 0.3) is 5.91 Å². The van der Waals surface area contributed by atoms with Gasteiger partial charge in [0, 0.05) is 18.8 Å². The molecule has 1 aliphatic rings. The Morgan fingerprint density at radius 3 is 3.00 bits per heavy atom. The van der Waals surface area contributed by atoms with Crippen LogP contribution in [0.2, 0.25) is 0 Å². The Hall–Kier alpha value is -1.60. The molecule has 2 rings (SSSR count). The van der Waals surface area contributed by atoms with E-state index in [0.717, 1.165) is 0 Å². The van der Waals surface area contributed by atoms with E-state index >= 15 is 0 Å². The summed E-state index contributed by atoms with van der Waals surface area (Å²) in [5.41, 5.74) is 6.82. The molecule has 1 amide bonds. The third kappa shape index (κ3) is 3.74. The summed E-state index contributed by atoms with van der Waals surface area (Å²) in [6.45, 7) is 1.24. The van der Waals surface area contributed by atoms with E-state index < -0.39 is 0 Å². The molecule has 7 heteroatoms. The summed E-state index contributed by atoms with van der Waals surface area (Å²) in [5, 5.41) is 0. The summed E-state index contributed by atoms with van der Waals surface area (Å²) in [7, 11) is 1.33. The summed E-state index contributed by atoms with van der Waals surface area (Å²) in [5.74, 6) is -0.480. The van der Waals surface area contributed by atoms with Gasteiger partial charge in [0.1, 0.15) is 0 Å². The molecule has 0 spiro atoms. The van der Waals surface area contributed by atoms with Gasteiger partial charge in [0.2, 0.25) is 0 Å². The molecule has 1 saturated heterocycles. The molecule has 0 bridgehead atoms. The minimum atomic E-state index is -0.348. The zero-order chi connectivity index (χ0) is 15.4. The molecule has 1 aliphatic heterocycles. The van der Waals surface area contributed by atoms with E-state index in [1.807, 2.05) is 0 Å². The fraction of sp³-hybridized carbons (Fsp3) is 0.429. The van der Waals surface area contributed by atoms with E-state index in [2.05, 4.69) is 20.7 Å². The summed E-state index contributed by atoms with van der Waals surface area (Å²) in [6, 6.07) is 5.17. The van der Waals surface area contributed by atoms with Crippen LogP contribution < -0.4 is 5.73 Å². The van der Waals surface area contributed by atoms with E-state index in [4.69, 9.17) is 10.5 Å². The topological polar surface area (TPSA) is 81.9 Å². The highest BCUT2D eigenvalue weighted by molar-refractivity contribution is 9.10. The summed E-state index contributed by atoms with van der Waals surface area (Å²) >= 11 is 3.34. The van der Waals surface area contributed by atoms with E-state index in [-0.39, 0.29) is 24.4 Å². The molecule has 0 saturated carbocycles. The van der Waals surface area contributed by atoms with Gasteiger partial charge in [-0.1, -0.05) is 6.07 Å². The summed E-state index contributed by atoms with van der Waals surface area (Å²) in [6.07, 6.45) is -0.201. The van der Waals surface area contributed by atoms with Crippen molar-refractivity contribution in [2.24, 2.45) is 0 Å². The van der Waals surface area contributed by atoms with Crippen LogP contribution in [0.4, 0.5) is 5.69 Å². The van der Waals surface area contributed by atoms with Crippen molar-refractivity contribution in [1.82, 2.24) is 4.90 Å². The van der Waals surface area contributed by atoms with Crippen LogP contribution in [0.3, 0.4) is 0 Å². The molecule has 1 heterocycles. The number of methoxy groups -OCH3 is 1. The normalized spacial score (nSPS) is 18.4. The molecule has 21 heavy (non-hydrogen) atoms. The molecule has 0 radical (unpaired) electrons. The predicted octanol–water partition coefficient (Wildman–Crippen LogP) is 1.44. The Morgan fingerprint density at radius 1 is 1.52 bits per heavy atom. The van der Waals surface area contributed by atoms with Gasteiger partial charge in [-0.25, -0.2) is 0 Å². The van der Waals surface area contributed by atoms with E-state index in [0.29, 0.717) is 35.4 Å². The average molecular weight is 357 g/mol. The second-order valence-electron chi connectivity index (χ2n) is 4.73. The highest BCUT2D eigenvalue weighted by Gasteiger charge is 2.28. The first-order chi connectivity index (χ1) is 10.0. The van der Waals surface area contributed by atoms with Crippen LogP contribution in [0.15, 0.2) is 22.7 Å². The Morgan fingerprint density at radius 2 is 2.29 bits per heavy atom. The van der Waals surface area contributed by atoms with Crippen molar-refractivity contribution in [3.63, 3.8) is 0 Å². The lowest BCUT2D eigenvalue weighted by Crippen LogP contribution is -2.46. The number of rotatable bonds is 3. The smallest absolute Gasteiger partial charge is 0.308 e. The molecular formula is C14H17BrN2O4. The van der Waals surface area contributed by atoms with Crippen molar-refractivity contribution < 1.29 is 19.1 Å². The third-order valence-electron chi connectivity index (χ3n) is 3.31. The van der Waals surface area contributed by atoms with Gasteiger partial charge in [0.05, 0.1) is 36.3 Å². The Balaban J connectivity index is 2.08. The Kier molecular flexibility index (Phi) is 5.19. The SMILES string of the molecule is COC(=O)CC1CN(C(=O)c2cccc(N)c2Br)CCO1. The third-order valence-corrected chi connectivity index (χ3v) is 4.19. The second kappa shape index (κ2) is 6.91. The Bertz CT molecular complexity index is 550. The minimum Gasteiger partial charge on any atom is -0.469 e. The fourth-order valence-electron chi connectivity index (χ4n) is 2.18. The first-order valence-corrected chi connectivity index (χ1v) is 7.34. The molecular weight excluding hydrogens is 340 g/mol. The predicted molar refractivity (Wildman–Crippen MR) is 80.8 cm³/mol. The van der Waals surface area contributed by atoms with Crippen molar-refractivity contribution in [2.75, 3.05) is 32.5 Å². The zero-order valence-corrected chi connectivity index (χ0v) is 13.3. The second-order valence-corrected chi connectivity index (χ2v) is 5.53. The Labute approximate surface area is 131 Å². The molecule has 1 unspecified atom stereocenters. The standard InChI is InChI=1S/C14H17BrN2O4/c1-20-12(18)7-9-8-17(5-6-21-9)14(19)10-3-2-4-11(16)13(10)15/h2-4,9H,5-8,16H2,1H3. The largest absolute Gasteiger partial charge is 0.469 e. The number of halogens is 1. The molecule has 1 fully saturated rings. The minimum absolute atomic E-state index is 0.132. The number of hydrogen-bond donors (Lipinski definition) is 1. The molecule has 114 valence electrons. The maximum Gasteiger partial charge on any atom is 0.308 e. The quantitative estimate of drug-likeness (QED) is 0.654. The van der Waals surface area contributed by atoms with Crippen LogP contribution in [0.25, 0.3) is 0 Å². The molecule has 0 aromatic heterocycles.